The molecule has 0 radical (unpaired) electrons. The van der Waals surface area contributed by atoms with Crippen LogP contribution < -0.4 is 10.6 Å². The molecule has 0 aliphatic heterocycles. The molecule has 0 heterocycles. The van der Waals surface area contributed by atoms with Crippen LogP contribution in [0.1, 0.15) is 56.1 Å². The molecule has 154 valence electrons. The highest BCUT2D eigenvalue weighted by Crippen LogP contribution is 2.26. The molecule has 5 nitrogen and oxygen atoms in total. The summed E-state index contributed by atoms with van der Waals surface area (Å²) >= 11 is 0. The van der Waals surface area contributed by atoms with Crippen LogP contribution in [0.4, 0.5) is 0 Å². The van der Waals surface area contributed by atoms with E-state index >= 15 is 0 Å². The zero-order valence-corrected chi connectivity index (χ0v) is 19.9. The summed E-state index contributed by atoms with van der Waals surface area (Å²) in [5.74, 6) is 1.70. The molecular weight excluding hydrogens is 473 g/mol. The molecule has 0 saturated heterocycles. The minimum Gasteiger partial charge on any atom is -0.356 e. The number of nitrogens with one attached hydrogen (secondary N) is 2. The zero-order chi connectivity index (χ0) is 19.0. The molecule has 0 spiro atoms. The van der Waals surface area contributed by atoms with Crippen molar-refractivity contribution in [3.8, 4) is 0 Å². The quantitative estimate of drug-likeness (QED) is 0.253. The molecule has 0 amide bonds. The van der Waals surface area contributed by atoms with Crippen molar-refractivity contribution >= 4 is 39.8 Å². The summed E-state index contributed by atoms with van der Waals surface area (Å²) in [7, 11) is -1.39. The Kier molecular flexibility index (Phi) is 10.7. The van der Waals surface area contributed by atoms with Gasteiger partial charge < -0.3 is 10.6 Å². The summed E-state index contributed by atoms with van der Waals surface area (Å²) < 4.78 is 23.4. The summed E-state index contributed by atoms with van der Waals surface area (Å²) in [4.78, 5) is 4.66. The van der Waals surface area contributed by atoms with E-state index in [4.69, 9.17) is 0 Å². The molecule has 2 N–H and O–H groups in total. The molecule has 1 aromatic carbocycles. The number of nitrogens with zero attached hydrogens (tertiary/aromatic N) is 1. The van der Waals surface area contributed by atoms with E-state index in [9.17, 15) is 8.42 Å². The van der Waals surface area contributed by atoms with Crippen molar-refractivity contribution in [3.63, 3.8) is 0 Å². The molecule has 1 aromatic rings. The van der Waals surface area contributed by atoms with Gasteiger partial charge in [0.2, 0.25) is 0 Å². The summed E-state index contributed by atoms with van der Waals surface area (Å²) in [5, 5.41) is 6.67. The van der Waals surface area contributed by atoms with Crippen LogP contribution >= 0.6 is 24.0 Å². The van der Waals surface area contributed by atoms with Gasteiger partial charge in [-0.15, -0.1) is 24.0 Å². The molecule has 0 unspecified atom stereocenters. The van der Waals surface area contributed by atoms with Crippen molar-refractivity contribution in [3.05, 3.63) is 29.3 Å². The van der Waals surface area contributed by atoms with Gasteiger partial charge in [-0.05, 0) is 42.9 Å². The maximum absolute atomic E-state index is 11.7. The van der Waals surface area contributed by atoms with Crippen LogP contribution in [0.2, 0.25) is 0 Å². The molecule has 7 heteroatoms. The fourth-order valence-electron chi connectivity index (χ4n) is 3.72. The maximum Gasteiger partial charge on any atom is 0.191 e. The lowest BCUT2D eigenvalue weighted by molar-refractivity contribution is 0.332. The van der Waals surface area contributed by atoms with Gasteiger partial charge in [0.1, 0.15) is 0 Å². The molecule has 1 aliphatic rings. The Morgan fingerprint density at radius 3 is 2.48 bits per heavy atom. The van der Waals surface area contributed by atoms with Crippen molar-refractivity contribution in [1.82, 2.24) is 10.6 Å². The average Bonchev–Trinajstić information content (AvgIpc) is 2.61. The highest BCUT2D eigenvalue weighted by Gasteiger charge is 2.13. The number of rotatable bonds is 7. The van der Waals surface area contributed by atoms with Crippen molar-refractivity contribution in [2.45, 2.75) is 63.3 Å². The second-order valence-electron chi connectivity index (χ2n) is 7.37. The van der Waals surface area contributed by atoms with E-state index in [-0.39, 0.29) is 24.0 Å². The predicted molar refractivity (Wildman–Crippen MR) is 124 cm³/mol. The van der Waals surface area contributed by atoms with Gasteiger partial charge in [0.05, 0.1) is 4.90 Å². The standard InChI is InChI=1S/C20H33N3O2S.HI/c1-16-14-18(11-12-19(16)26(3,24)25)15-23-20(21-2)22-13-7-10-17-8-5-4-6-9-17;/h11-12,14,17H,4-10,13,15H2,1-3H3,(H2,21,22,23);1H. The maximum atomic E-state index is 11.7. The van der Waals surface area contributed by atoms with Gasteiger partial charge in [0.25, 0.3) is 0 Å². The fourth-order valence-corrected chi connectivity index (χ4v) is 4.68. The van der Waals surface area contributed by atoms with E-state index in [1.54, 1.807) is 13.1 Å². The average molecular weight is 507 g/mol. The smallest absolute Gasteiger partial charge is 0.191 e. The SMILES string of the molecule is CN=C(NCCCC1CCCCC1)NCc1ccc(S(C)(=O)=O)c(C)c1.I. The molecule has 0 atom stereocenters. The van der Waals surface area contributed by atoms with Gasteiger partial charge in [0, 0.05) is 26.4 Å². The monoisotopic (exact) mass is 507 g/mol. The first-order valence-corrected chi connectivity index (χ1v) is 11.5. The van der Waals surface area contributed by atoms with E-state index in [0.717, 1.165) is 29.5 Å². The number of hydrogen-bond donors (Lipinski definition) is 2. The third kappa shape index (κ3) is 8.37. The van der Waals surface area contributed by atoms with Crippen LogP contribution in [0.5, 0.6) is 0 Å². The molecule has 2 rings (SSSR count). The van der Waals surface area contributed by atoms with Gasteiger partial charge >= 0.3 is 0 Å². The Morgan fingerprint density at radius 2 is 1.89 bits per heavy atom. The minimum absolute atomic E-state index is 0. The van der Waals surface area contributed by atoms with Crippen LogP contribution in [0.3, 0.4) is 0 Å². The molecule has 27 heavy (non-hydrogen) atoms. The Balaban J connectivity index is 0.00000364. The highest BCUT2D eigenvalue weighted by atomic mass is 127. The van der Waals surface area contributed by atoms with E-state index in [0.29, 0.717) is 11.4 Å². The Hall–Kier alpha value is -0.830. The Bertz CT molecular complexity index is 714. The molecule has 1 fully saturated rings. The number of sulfone groups is 1. The van der Waals surface area contributed by atoms with Gasteiger partial charge in [-0.1, -0.05) is 44.2 Å². The lowest BCUT2D eigenvalue weighted by Gasteiger charge is -2.21. The second kappa shape index (κ2) is 11.9. The predicted octanol–water partition coefficient (Wildman–Crippen LogP) is 4.04. The van der Waals surface area contributed by atoms with Crippen molar-refractivity contribution in [2.24, 2.45) is 10.9 Å². The summed E-state index contributed by atoms with van der Waals surface area (Å²) in [6.07, 6.45) is 10.7. The van der Waals surface area contributed by atoms with Crippen LogP contribution in [-0.2, 0) is 16.4 Å². The number of guanidine groups is 1. The molecule has 1 saturated carbocycles. The van der Waals surface area contributed by atoms with Gasteiger partial charge in [0.15, 0.2) is 15.8 Å². The van der Waals surface area contributed by atoms with Gasteiger partial charge in [-0.2, -0.15) is 0 Å². The van der Waals surface area contributed by atoms with E-state index in [1.165, 1.54) is 51.2 Å². The first-order valence-electron chi connectivity index (χ1n) is 9.64. The van der Waals surface area contributed by atoms with Crippen molar-refractivity contribution in [2.75, 3.05) is 19.8 Å². The molecule has 0 aromatic heterocycles. The van der Waals surface area contributed by atoms with Crippen LogP contribution in [-0.4, -0.2) is 34.2 Å². The summed E-state index contributed by atoms with van der Waals surface area (Å²) in [6.45, 7) is 3.38. The van der Waals surface area contributed by atoms with Gasteiger partial charge in [-0.3, -0.25) is 4.99 Å². The van der Waals surface area contributed by atoms with Crippen molar-refractivity contribution in [1.29, 1.82) is 0 Å². The number of hydrogen-bond acceptors (Lipinski definition) is 3. The van der Waals surface area contributed by atoms with Gasteiger partial charge in [-0.25, -0.2) is 8.42 Å². The normalized spacial score (nSPS) is 15.9. The lowest BCUT2D eigenvalue weighted by atomic mass is 9.86. The van der Waals surface area contributed by atoms with E-state index in [1.807, 2.05) is 19.1 Å². The topological polar surface area (TPSA) is 70.6 Å². The largest absolute Gasteiger partial charge is 0.356 e. The third-order valence-electron chi connectivity index (χ3n) is 5.13. The Morgan fingerprint density at radius 1 is 1.19 bits per heavy atom. The zero-order valence-electron chi connectivity index (χ0n) is 16.8. The minimum atomic E-state index is -3.17. The summed E-state index contributed by atoms with van der Waals surface area (Å²) in [5.41, 5.74) is 1.82. The number of benzene rings is 1. The fraction of sp³-hybridized carbons (Fsp3) is 0.650. The van der Waals surface area contributed by atoms with Crippen molar-refractivity contribution < 1.29 is 8.42 Å². The van der Waals surface area contributed by atoms with Crippen LogP contribution in [0.15, 0.2) is 28.1 Å². The molecular formula is C20H34IN3O2S. The first kappa shape index (κ1) is 24.2. The van der Waals surface area contributed by atoms with E-state index < -0.39 is 9.84 Å². The van der Waals surface area contributed by atoms with Crippen LogP contribution in [0, 0.1) is 12.8 Å². The van der Waals surface area contributed by atoms with Crippen LogP contribution in [0.25, 0.3) is 0 Å². The molecule has 1 aliphatic carbocycles. The number of halogens is 1. The highest BCUT2D eigenvalue weighted by molar-refractivity contribution is 14.0. The number of aryl methyl sites for hydroxylation is 1. The first-order chi connectivity index (χ1) is 12.4. The molecule has 0 bridgehead atoms. The summed E-state index contributed by atoms with van der Waals surface area (Å²) in [6, 6.07) is 5.45. The third-order valence-corrected chi connectivity index (χ3v) is 6.39. The Labute approximate surface area is 181 Å². The lowest BCUT2D eigenvalue weighted by Crippen LogP contribution is -2.37. The number of aliphatic imine (C=N–C) groups is 1. The second-order valence-corrected chi connectivity index (χ2v) is 9.35. The van der Waals surface area contributed by atoms with E-state index in [2.05, 4.69) is 15.6 Å².